The van der Waals surface area contributed by atoms with Crippen molar-refractivity contribution in [1.82, 2.24) is 0 Å². The second-order valence-corrected chi connectivity index (χ2v) is 8.52. The van der Waals surface area contributed by atoms with Crippen LogP contribution in [0.15, 0.2) is 66.2 Å². The van der Waals surface area contributed by atoms with Gasteiger partial charge in [0.2, 0.25) is 0 Å². The van der Waals surface area contributed by atoms with Gasteiger partial charge < -0.3 is 14.9 Å². The molecule has 1 atom stereocenters. The third kappa shape index (κ3) is 4.25. The third-order valence-electron chi connectivity index (χ3n) is 5.20. The molecule has 0 saturated carbocycles. The van der Waals surface area contributed by atoms with Crippen molar-refractivity contribution in [3.8, 4) is 11.5 Å². The number of carbonyl (C=O) groups is 2. The number of anilines is 1. The monoisotopic (exact) mass is 503 g/mol. The number of halogens is 3. The van der Waals surface area contributed by atoms with Crippen LogP contribution in [0.2, 0.25) is 15.1 Å². The molecule has 3 aromatic rings. The lowest BCUT2D eigenvalue weighted by molar-refractivity contribution is -0.132. The lowest BCUT2D eigenvalue weighted by atomic mass is 9.95. The SMILES string of the molecule is COc1ccc(/C(O)=C2\C(=O)C(=O)N(c3cc(Cl)cc(Cl)c3)C2c2ccc(O)cc2)cc1Cl. The van der Waals surface area contributed by atoms with E-state index in [-0.39, 0.29) is 37.6 Å². The molecule has 33 heavy (non-hydrogen) atoms. The largest absolute Gasteiger partial charge is 0.508 e. The van der Waals surface area contributed by atoms with E-state index in [1.165, 1.54) is 54.5 Å². The van der Waals surface area contributed by atoms with Gasteiger partial charge in [0.1, 0.15) is 17.3 Å². The van der Waals surface area contributed by atoms with E-state index < -0.39 is 23.5 Å². The van der Waals surface area contributed by atoms with Crippen LogP contribution in [0.25, 0.3) is 5.76 Å². The van der Waals surface area contributed by atoms with Crippen LogP contribution in [0.4, 0.5) is 5.69 Å². The van der Waals surface area contributed by atoms with Crippen LogP contribution < -0.4 is 9.64 Å². The van der Waals surface area contributed by atoms with E-state index in [0.717, 1.165) is 0 Å². The molecule has 168 valence electrons. The molecule has 1 heterocycles. The predicted octanol–water partition coefficient (Wildman–Crippen LogP) is 5.99. The zero-order valence-electron chi connectivity index (χ0n) is 17.1. The van der Waals surface area contributed by atoms with E-state index in [1.54, 1.807) is 18.2 Å². The number of rotatable bonds is 4. The molecule has 1 amide bonds. The van der Waals surface area contributed by atoms with E-state index in [1.807, 2.05) is 0 Å². The molecular weight excluding hydrogens is 489 g/mol. The summed E-state index contributed by atoms with van der Waals surface area (Å²) in [5.41, 5.74) is 0.832. The van der Waals surface area contributed by atoms with Gasteiger partial charge in [0.05, 0.1) is 23.7 Å². The number of carbonyl (C=O) groups excluding carboxylic acids is 2. The first kappa shape index (κ1) is 23.0. The summed E-state index contributed by atoms with van der Waals surface area (Å²) in [6.45, 7) is 0. The first-order chi connectivity index (χ1) is 15.7. The Morgan fingerprint density at radius 1 is 0.939 bits per heavy atom. The minimum atomic E-state index is -1.01. The highest BCUT2D eigenvalue weighted by atomic mass is 35.5. The van der Waals surface area contributed by atoms with Crippen LogP contribution in [-0.2, 0) is 9.59 Å². The molecule has 1 aliphatic heterocycles. The van der Waals surface area contributed by atoms with Gasteiger partial charge in [-0.25, -0.2) is 0 Å². The molecular formula is C24H16Cl3NO5. The summed E-state index contributed by atoms with van der Waals surface area (Å²) in [4.78, 5) is 27.5. The highest BCUT2D eigenvalue weighted by Crippen LogP contribution is 2.44. The van der Waals surface area contributed by atoms with Crippen LogP contribution in [-0.4, -0.2) is 29.0 Å². The molecule has 3 aromatic carbocycles. The second kappa shape index (κ2) is 8.98. The van der Waals surface area contributed by atoms with E-state index in [4.69, 9.17) is 39.5 Å². The Balaban J connectivity index is 1.96. The Morgan fingerprint density at radius 2 is 1.58 bits per heavy atom. The predicted molar refractivity (Wildman–Crippen MR) is 127 cm³/mol. The molecule has 1 aliphatic rings. The highest BCUT2D eigenvalue weighted by molar-refractivity contribution is 6.52. The Hall–Kier alpha value is -3.19. The number of ketones is 1. The lowest BCUT2D eigenvalue weighted by Gasteiger charge is -2.26. The summed E-state index contributed by atoms with van der Waals surface area (Å²) in [5, 5.41) is 21.6. The van der Waals surface area contributed by atoms with Crippen LogP contribution in [0.3, 0.4) is 0 Å². The van der Waals surface area contributed by atoms with E-state index >= 15 is 0 Å². The summed E-state index contributed by atoms with van der Waals surface area (Å²) in [7, 11) is 1.45. The Bertz CT molecular complexity index is 1280. The van der Waals surface area contributed by atoms with Crippen LogP contribution in [0, 0.1) is 0 Å². The van der Waals surface area contributed by atoms with E-state index in [2.05, 4.69) is 0 Å². The van der Waals surface area contributed by atoms with Crippen molar-refractivity contribution in [2.45, 2.75) is 6.04 Å². The average molecular weight is 505 g/mol. The van der Waals surface area contributed by atoms with Crippen LogP contribution >= 0.6 is 34.8 Å². The summed E-state index contributed by atoms with van der Waals surface area (Å²) < 4.78 is 5.13. The highest BCUT2D eigenvalue weighted by Gasteiger charge is 2.47. The van der Waals surface area contributed by atoms with E-state index in [0.29, 0.717) is 11.3 Å². The molecule has 0 bridgehead atoms. The molecule has 4 rings (SSSR count). The molecule has 0 spiro atoms. The standard InChI is InChI=1S/C24H16Cl3NO5/c1-33-19-7-4-13(8-18(19)27)22(30)20-21(12-2-5-17(29)6-3-12)28(24(32)23(20)31)16-10-14(25)9-15(26)11-16/h2-11,21,29-30H,1H3/b22-20+. The number of benzene rings is 3. The summed E-state index contributed by atoms with van der Waals surface area (Å²) in [6, 6.07) is 13.9. The Labute approximate surface area is 204 Å². The fraction of sp³-hybridized carbons (Fsp3) is 0.0833. The first-order valence-corrected chi connectivity index (χ1v) is 10.7. The number of phenolic OH excluding ortho intramolecular Hbond substituents is 1. The maximum Gasteiger partial charge on any atom is 0.300 e. The first-order valence-electron chi connectivity index (χ1n) is 9.61. The molecule has 6 nitrogen and oxygen atoms in total. The van der Waals surface area contributed by atoms with Gasteiger partial charge in [0.15, 0.2) is 0 Å². The number of nitrogens with zero attached hydrogens (tertiary/aromatic N) is 1. The van der Waals surface area contributed by atoms with E-state index in [9.17, 15) is 19.8 Å². The number of amides is 1. The van der Waals surface area contributed by atoms with Crippen LogP contribution in [0.1, 0.15) is 17.2 Å². The minimum Gasteiger partial charge on any atom is -0.508 e. The van der Waals surface area contributed by atoms with Gasteiger partial charge in [-0.2, -0.15) is 0 Å². The van der Waals surface area contributed by atoms with Crippen molar-refractivity contribution in [2.24, 2.45) is 0 Å². The van der Waals surface area contributed by atoms with Crippen LogP contribution in [0.5, 0.6) is 11.5 Å². The van der Waals surface area contributed by atoms with Crippen molar-refractivity contribution >= 4 is 57.9 Å². The maximum absolute atomic E-state index is 13.2. The van der Waals surface area contributed by atoms with Crippen molar-refractivity contribution in [3.05, 3.63) is 92.4 Å². The number of aromatic hydroxyl groups is 1. The Morgan fingerprint density at radius 3 is 2.15 bits per heavy atom. The summed E-state index contributed by atoms with van der Waals surface area (Å²) >= 11 is 18.5. The maximum atomic E-state index is 13.2. The molecule has 2 N–H and O–H groups in total. The van der Waals surface area contributed by atoms with Gasteiger partial charge in [-0.3, -0.25) is 14.5 Å². The number of ether oxygens (including phenoxy) is 1. The lowest BCUT2D eigenvalue weighted by Crippen LogP contribution is -2.29. The number of hydrogen-bond donors (Lipinski definition) is 2. The zero-order valence-corrected chi connectivity index (χ0v) is 19.3. The number of methoxy groups -OCH3 is 1. The van der Waals surface area contributed by atoms with Crippen molar-refractivity contribution in [3.63, 3.8) is 0 Å². The number of aliphatic hydroxyl groups excluding tert-OH is 1. The minimum absolute atomic E-state index is 0.00318. The van der Waals surface area contributed by atoms with Crippen molar-refractivity contribution in [1.29, 1.82) is 0 Å². The number of phenols is 1. The molecule has 1 saturated heterocycles. The van der Waals surface area contributed by atoms with Gasteiger partial charge in [-0.1, -0.05) is 46.9 Å². The second-order valence-electron chi connectivity index (χ2n) is 7.24. The van der Waals surface area contributed by atoms with Gasteiger partial charge in [0, 0.05) is 21.3 Å². The molecule has 0 aliphatic carbocycles. The van der Waals surface area contributed by atoms with Gasteiger partial charge in [-0.05, 0) is 54.1 Å². The fourth-order valence-electron chi connectivity index (χ4n) is 3.72. The van der Waals surface area contributed by atoms with Crippen molar-refractivity contribution < 1.29 is 24.5 Å². The van der Waals surface area contributed by atoms with Gasteiger partial charge in [-0.15, -0.1) is 0 Å². The average Bonchev–Trinajstić information content (AvgIpc) is 3.03. The summed E-state index contributed by atoms with van der Waals surface area (Å²) in [6.07, 6.45) is 0. The van der Waals surface area contributed by atoms with Gasteiger partial charge in [0.25, 0.3) is 11.7 Å². The molecule has 0 radical (unpaired) electrons. The summed E-state index contributed by atoms with van der Waals surface area (Å²) in [5.74, 6) is -1.78. The topological polar surface area (TPSA) is 87.1 Å². The quantitative estimate of drug-likeness (QED) is 0.259. The molecule has 0 aromatic heterocycles. The number of Topliss-reactive ketones (excluding diaryl/α,β-unsaturated/α-hetero) is 1. The molecule has 1 unspecified atom stereocenters. The number of hydrogen-bond acceptors (Lipinski definition) is 5. The normalized spacial score (nSPS) is 17.5. The number of aliphatic hydroxyl groups is 1. The fourth-order valence-corrected chi connectivity index (χ4v) is 4.49. The zero-order chi connectivity index (χ0) is 23.9. The van der Waals surface area contributed by atoms with Gasteiger partial charge >= 0.3 is 0 Å². The Kier molecular flexibility index (Phi) is 6.26. The third-order valence-corrected chi connectivity index (χ3v) is 5.94. The molecule has 9 heteroatoms. The smallest absolute Gasteiger partial charge is 0.300 e. The van der Waals surface area contributed by atoms with Crippen molar-refractivity contribution in [2.75, 3.05) is 12.0 Å². The molecule has 1 fully saturated rings.